The summed E-state index contributed by atoms with van der Waals surface area (Å²) < 4.78 is 9.01. The lowest BCUT2D eigenvalue weighted by atomic mass is 10.1. The molecule has 27 heavy (non-hydrogen) atoms. The first-order chi connectivity index (χ1) is 13.2. The van der Waals surface area contributed by atoms with E-state index < -0.39 is 0 Å². The van der Waals surface area contributed by atoms with Crippen LogP contribution in [0.2, 0.25) is 0 Å². The number of aromatic nitrogens is 4. The standard InChI is InChI=1S/C18H24N6O3/c1-2-23-15(5-7-20-23)17(25)19-8-9-24-14-6-10-27-11-13(14)16(22-24)18(26)21-12-3-4-12/h5,7,12H,2-4,6,8-11H2,1H3,(H,19,25)(H,21,26). The van der Waals surface area contributed by atoms with Gasteiger partial charge >= 0.3 is 0 Å². The first kappa shape index (κ1) is 17.7. The number of ether oxygens (including phenoxy) is 1. The van der Waals surface area contributed by atoms with Crippen LogP contribution in [0.3, 0.4) is 0 Å². The molecule has 144 valence electrons. The van der Waals surface area contributed by atoms with Crippen molar-refractivity contribution in [1.29, 1.82) is 0 Å². The molecule has 0 radical (unpaired) electrons. The van der Waals surface area contributed by atoms with Gasteiger partial charge in [0, 0.05) is 43.0 Å². The highest BCUT2D eigenvalue weighted by atomic mass is 16.5. The minimum atomic E-state index is -0.162. The fourth-order valence-corrected chi connectivity index (χ4v) is 3.30. The molecular formula is C18H24N6O3. The lowest BCUT2D eigenvalue weighted by Gasteiger charge is -2.15. The molecule has 9 heteroatoms. The molecule has 0 saturated heterocycles. The van der Waals surface area contributed by atoms with E-state index in [0.29, 0.717) is 44.2 Å². The predicted octanol–water partition coefficient (Wildman–Crippen LogP) is 0.494. The SMILES string of the molecule is CCn1nccc1C(=O)NCCn1nc(C(=O)NC2CC2)c2c1CCOC2. The number of fused-ring (bicyclic) bond motifs is 1. The van der Waals surface area contributed by atoms with E-state index in [1.807, 2.05) is 11.6 Å². The van der Waals surface area contributed by atoms with E-state index in [1.54, 1.807) is 16.9 Å². The maximum absolute atomic E-state index is 12.5. The van der Waals surface area contributed by atoms with Crippen molar-refractivity contribution in [3.8, 4) is 0 Å². The highest BCUT2D eigenvalue weighted by molar-refractivity contribution is 5.94. The van der Waals surface area contributed by atoms with Crippen LogP contribution in [0.4, 0.5) is 0 Å². The molecule has 1 fully saturated rings. The summed E-state index contributed by atoms with van der Waals surface area (Å²) >= 11 is 0. The summed E-state index contributed by atoms with van der Waals surface area (Å²) in [4.78, 5) is 24.8. The van der Waals surface area contributed by atoms with Gasteiger partial charge in [-0.2, -0.15) is 10.2 Å². The third-order valence-corrected chi connectivity index (χ3v) is 4.88. The summed E-state index contributed by atoms with van der Waals surface area (Å²) in [5.74, 6) is -0.292. The van der Waals surface area contributed by atoms with E-state index in [9.17, 15) is 9.59 Å². The summed E-state index contributed by atoms with van der Waals surface area (Å²) in [6.07, 6.45) is 4.40. The molecule has 2 N–H and O–H groups in total. The number of rotatable bonds is 7. The van der Waals surface area contributed by atoms with Gasteiger partial charge < -0.3 is 15.4 Å². The molecule has 2 aliphatic rings. The van der Waals surface area contributed by atoms with Crippen LogP contribution in [-0.4, -0.2) is 50.6 Å². The highest BCUT2D eigenvalue weighted by Crippen LogP contribution is 2.23. The van der Waals surface area contributed by atoms with Crippen LogP contribution in [-0.2, 0) is 30.9 Å². The van der Waals surface area contributed by atoms with Crippen LogP contribution in [0, 0.1) is 0 Å². The van der Waals surface area contributed by atoms with Gasteiger partial charge in [0.2, 0.25) is 0 Å². The van der Waals surface area contributed by atoms with Crippen molar-refractivity contribution in [3.63, 3.8) is 0 Å². The quantitative estimate of drug-likeness (QED) is 0.736. The zero-order chi connectivity index (χ0) is 18.8. The molecule has 0 aromatic carbocycles. The van der Waals surface area contributed by atoms with E-state index in [1.165, 1.54) is 0 Å². The molecule has 2 amide bonds. The summed E-state index contributed by atoms with van der Waals surface area (Å²) in [6, 6.07) is 1.98. The minimum Gasteiger partial charge on any atom is -0.376 e. The molecule has 2 aromatic rings. The minimum absolute atomic E-state index is 0.131. The molecule has 1 saturated carbocycles. The van der Waals surface area contributed by atoms with Crippen molar-refractivity contribution in [2.24, 2.45) is 0 Å². The number of nitrogens with one attached hydrogen (secondary N) is 2. The fraction of sp³-hybridized carbons (Fsp3) is 0.556. The Bertz CT molecular complexity index is 851. The van der Waals surface area contributed by atoms with Crippen LogP contribution >= 0.6 is 0 Å². The predicted molar refractivity (Wildman–Crippen MR) is 96.3 cm³/mol. The Morgan fingerprint density at radius 3 is 2.93 bits per heavy atom. The zero-order valence-electron chi connectivity index (χ0n) is 15.4. The number of amides is 2. The van der Waals surface area contributed by atoms with Gasteiger partial charge in [0.1, 0.15) is 5.69 Å². The van der Waals surface area contributed by atoms with Gasteiger partial charge in [-0.15, -0.1) is 0 Å². The van der Waals surface area contributed by atoms with E-state index >= 15 is 0 Å². The largest absolute Gasteiger partial charge is 0.376 e. The summed E-state index contributed by atoms with van der Waals surface area (Å²) in [5.41, 5.74) is 2.88. The lowest BCUT2D eigenvalue weighted by Crippen LogP contribution is -2.30. The lowest BCUT2D eigenvalue weighted by molar-refractivity contribution is 0.0921. The Kier molecular flexibility index (Phi) is 4.93. The summed E-state index contributed by atoms with van der Waals surface area (Å²) in [6.45, 7) is 4.53. The maximum atomic E-state index is 12.5. The molecule has 4 rings (SSSR count). The third kappa shape index (κ3) is 3.73. The van der Waals surface area contributed by atoms with E-state index in [0.717, 1.165) is 30.5 Å². The number of carbonyl (C=O) groups is 2. The Morgan fingerprint density at radius 2 is 2.15 bits per heavy atom. The second kappa shape index (κ2) is 7.51. The van der Waals surface area contributed by atoms with Gasteiger partial charge in [-0.3, -0.25) is 19.0 Å². The summed E-state index contributed by atoms with van der Waals surface area (Å²) in [5, 5.41) is 14.5. The number of hydrogen-bond donors (Lipinski definition) is 2. The van der Waals surface area contributed by atoms with E-state index in [-0.39, 0.29) is 17.9 Å². The van der Waals surface area contributed by atoms with Crippen LogP contribution < -0.4 is 10.6 Å². The Balaban J connectivity index is 1.43. The molecule has 0 spiro atoms. The van der Waals surface area contributed by atoms with Crippen molar-refractivity contribution in [3.05, 3.63) is 34.9 Å². The van der Waals surface area contributed by atoms with Crippen molar-refractivity contribution in [1.82, 2.24) is 30.2 Å². The van der Waals surface area contributed by atoms with Crippen LogP contribution in [0.25, 0.3) is 0 Å². The van der Waals surface area contributed by atoms with Crippen molar-refractivity contribution >= 4 is 11.8 Å². The number of carbonyl (C=O) groups excluding carboxylic acids is 2. The van der Waals surface area contributed by atoms with E-state index in [4.69, 9.17) is 4.74 Å². The molecule has 2 aromatic heterocycles. The molecule has 1 aliphatic heterocycles. The van der Waals surface area contributed by atoms with Crippen molar-refractivity contribution in [2.75, 3.05) is 13.2 Å². The number of hydrogen-bond acceptors (Lipinski definition) is 5. The van der Waals surface area contributed by atoms with Gasteiger partial charge in [-0.05, 0) is 25.8 Å². The first-order valence-corrected chi connectivity index (χ1v) is 9.44. The van der Waals surface area contributed by atoms with Gasteiger partial charge in [-0.25, -0.2) is 0 Å². The third-order valence-electron chi connectivity index (χ3n) is 4.88. The average Bonchev–Trinajstić information content (AvgIpc) is 3.23. The topological polar surface area (TPSA) is 103 Å². The number of aryl methyl sites for hydroxylation is 1. The first-order valence-electron chi connectivity index (χ1n) is 9.44. The Hall–Kier alpha value is -2.68. The van der Waals surface area contributed by atoms with E-state index in [2.05, 4.69) is 20.8 Å². The second-order valence-electron chi connectivity index (χ2n) is 6.84. The smallest absolute Gasteiger partial charge is 0.272 e. The van der Waals surface area contributed by atoms with Crippen molar-refractivity contribution in [2.45, 2.75) is 51.9 Å². The molecule has 0 bridgehead atoms. The van der Waals surface area contributed by atoms with Crippen molar-refractivity contribution < 1.29 is 14.3 Å². The van der Waals surface area contributed by atoms with Gasteiger partial charge in [0.05, 0.1) is 19.8 Å². The van der Waals surface area contributed by atoms with Gasteiger partial charge in [-0.1, -0.05) is 0 Å². The molecule has 3 heterocycles. The maximum Gasteiger partial charge on any atom is 0.272 e. The molecular weight excluding hydrogens is 348 g/mol. The second-order valence-corrected chi connectivity index (χ2v) is 6.84. The Morgan fingerprint density at radius 1 is 1.30 bits per heavy atom. The molecule has 1 aliphatic carbocycles. The normalized spacial score (nSPS) is 16.0. The van der Waals surface area contributed by atoms with Gasteiger partial charge in [0.15, 0.2) is 5.69 Å². The average molecular weight is 372 g/mol. The zero-order valence-corrected chi connectivity index (χ0v) is 15.4. The molecule has 9 nitrogen and oxygen atoms in total. The van der Waals surface area contributed by atoms with Crippen LogP contribution in [0.1, 0.15) is 52.0 Å². The number of nitrogens with zero attached hydrogens (tertiary/aromatic N) is 4. The van der Waals surface area contributed by atoms with Crippen LogP contribution in [0.5, 0.6) is 0 Å². The fourth-order valence-electron chi connectivity index (χ4n) is 3.30. The van der Waals surface area contributed by atoms with Crippen LogP contribution in [0.15, 0.2) is 12.3 Å². The molecule has 0 atom stereocenters. The highest BCUT2D eigenvalue weighted by Gasteiger charge is 2.29. The monoisotopic (exact) mass is 372 g/mol. The molecule has 0 unspecified atom stereocenters. The Labute approximate surface area is 157 Å². The summed E-state index contributed by atoms with van der Waals surface area (Å²) in [7, 11) is 0. The van der Waals surface area contributed by atoms with Gasteiger partial charge in [0.25, 0.3) is 11.8 Å².